The summed E-state index contributed by atoms with van der Waals surface area (Å²) in [5.74, 6) is 0. The van der Waals surface area contributed by atoms with Gasteiger partial charge in [0.2, 0.25) is 0 Å². The number of nitrogens with zero attached hydrogens (tertiary/aromatic N) is 2. The lowest BCUT2D eigenvalue weighted by Gasteiger charge is -2.17. The van der Waals surface area contributed by atoms with Gasteiger partial charge in [0, 0.05) is 0 Å². The molecule has 0 saturated carbocycles. The molecule has 4 nitrogen and oxygen atoms in total. The van der Waals surface area contributed by atoms with E-state index in [0.717, 1.165) is 11.3 Å². The standard InChI is InChI=1S/C11H15F3N2O2S2/c1-7-8(5-15-20(17)10(2,3)4)19-9(16-7)18-6-11(12,13)14/h5H,6H2,1-4H3/b15-5+. The smallest absolute Gasteiger partial charge is 0.422 e. The van der Waals surface area contributed by atoms with Gasteiger partial charge in [0.25, 0.3) is 5.19 Å². The van der Waals surface area contributed by atoms with Crippen LogP contribution in [0.25, 0.3) is 0 Å². The lowest BCUT2D eigenvalue weighted by molar-refractivity contribution is -0.153. The number of thiazole rings is 1. The van der Waals surface area contributed by atoms with Gasteiger partial charge < -0.3 is 9.29 Å². The first-order valence-electron chi connectivity index (χ1n) is 5.62. The van der Waals surface area contributed by atoms with Crippen LogP contribution in [0.2, 0.25) is 0 Å². The van der Waals surface area contributed by atoms with Gasteiger partial charge in [-0.15, -0.1) is 0 Å². The molecule has 1 heterocycles. The van der Waals surface area contributed by atoms with Gasteiger partial charge in [0.05, 0.1) is 16.8 Å². The van der Waals surface area contributed by atoms with E-state index < -0.39 is 28.9 Å². The number of alkyl halides is 3. The molecule has 0 aliphatic rings. The predicted octanol–water partition coefficient (Wildman–Crippen LogP) is 3.27. The van der Waals surface area contributed by atoms with Gasteiger partial charge >= 0.3 is 6.18 Å². The van der Waals surface area contributed by atoms with Crippen molar-refractivity contribution in [3.05, 3.63) is 10.6 Å². The molecule has 0 aromatic carbocycles. The van der Waals surface area contributed by atoms with Crippen LogP contribution in [-0.4, -0.2) is 33.3 Å². The maximum absolute atomic E-state index is 12.0. The molecule has 0 amide bonds. The number of hydrogen-bond acceptors (Lipinski definition) is 5. The van der Waals surface area contributed by atoms with Gasteiger partial charge in [-0.2, -0.15) is 13.2 Å². The lowest BCUT2D eigenvalue weighted by Crippen LogP contribution is -2.25. The Hall–Kier alpha value is -0.800. The third kappa shape index (κ3) is 5.68. The molecular weight excluding hydrogens is 313 g/mol. The second-order valence-electron chi connectivity index (χ2n) is 4.93. The van der Waals surface area contributed by atoms with Crippen molar-refractivity contribution < 1.29 is 22.5 Å². The SMILES string of the molecule is Cc1nc(OCC(F)(F)F)sc1/C=N/[S+]([O-])C(C)(C)C. The van der Waals surface area contributed by atoms with Crippen LogP contribution in [-0.2, 0) is 11.4 Å². The Morgan fingerprint density at radius 3 is 2.50 bits per heavy atom. The largest absolute Gasteiger partial charge is 0.591 e. The molecule has 0 aliphatic heterocycles. The van der Waals surface area contributed by atoms with E-state index in [2.05, 4.69) is 14.1 Å². The molecule has 114 valence electrons. The summed E-state index contributed by atoms with van der Waals surface area (Å²) >= 11 is -0.491. The van der Waals surface area contributed by atoms with Crippen molar-refractivity contribution in [3.63, 3.8) is 0 Å². The van der Waals surface area contributed by atoms with E-state index in [1.807, 2.05) is 0 Å². The van der Waals surface area contributed by atoms with Crippen LogP contribution in [0.1, 0.15) is 31.3 Å². The van der Waals surface area contributed by atoms with Gasteiger partial charge in [-0.25, -0.2) is 4.98 Å². The van der Waals surface area contributed by atoms with Gasteiger partial charge in [-0.3, -0.25) is 0 Å². The van der Waals surface area contributed by atoms with E-state index in [9.17, 15) is 17.7 Å². The molecule has 1 unspecified atom stereocenters. The lowest BCUT2D eigenvalue weighted by atomic mass is 10.3. The summed E-state index contributed by atoms with van der Waals surface area (Å²) in [4.78, 5) is 4.39. The molecule has 1 aromatic rings. The highest BCUT2D eigenvalue weighted by molar-refractivity contribution is 7.91. The number of ether oxygens (including phenoxy) is 1. The highest BCUT2D eigenvalue weighted by atomic mass is 32.2. The molecule has 20 heavy (non-hydrogen) atoms. The Morgan fingerprint density at radius 2 is 2.00 bits per heavy atom. The molecule has 1 atom stereocenters. The number of aryl methyl sites for hydroxylation is 1. The van der Waals surface area contributed by atoms with Gasteiger partial charge in [-0.1, -0.05) is 15.7 Å². The number of halogens is 3. The summed E-state index contributed by atoms with van der Waals surface area (Å²) in [5.41, 5.74) is 0.488. The minimum absolute atomic E-state index is 0.0807. The average molecular weight is 328 g/mol. The van der Waals surface area contributed by atoms with E-state index in [1.54, 1.807) is 27.7 Å². The van der Waals surface area contributed by atoms with Crippen LogP contribution in [0.5, 0.6) is 5.19 Å². The van der Waals surface area contributed by atoms with Crippen LogP contribution in [0.15, 0.2) is 4.40 Å². The number of rotatable bonds is 4. The number of aromatic nitrogens is 1. The summed E-state index contributed by atoms with van der Waals surface area (Å²) in [6.45, 7) is 5.57. The molecule has 0 spiro atoms. The number of hydrogen-bond donors (Lipinski definition) is 0. The van der Waals surface area contributed by atoms with Crippen molar-refractivity contribution in [1.82, 2.24) is 4.98 Å². The second kappa shape index (κ2) is 6.31. The summed E-state index contributed by atoms with van der Waals surface area (Å²) in [5, 5.41) is -0.0807. The van der Waals surface area contributed by atoms with Crippen molar-refractivity contribution >= 4 is 28.9 Å². The molecule has 0 bridgehead atoms. The zero-order valence-electron chi connectivity index (χ0n) is 11.4. The first kappa shape index (κ1) is 17.3. The van der Waals surface area contributed by atoms with Crippen LogP contribution >= 0.6 is 11.3 Å². The summed E-state index contributed by atoms with van der Waals surface area (Å²) in [7, 11) is 0. The summed E-state index contributed by atoms with van der Waals surface area (Å²) in [6, 6.07) is 0. The first-order valence-corrected chi connectivity index (χ1v) is 7.54. The molecule has 1 rings (SSSR count). The van der Waals surface area contributed by atoms with E-state index >= 15 is 0 Å². The topological polar surface area (TPSA) is 57.5 Å². The molecule has 0 N–H and O–H groups in total. The third-order valence-corrected chi connectivity index (χ3v) is 4.31. The quantitative estimate of drug-likeness (QED) is 0.629. The maximum Gasteiger partial charge on any atom is 0.422 e. The van der Waals surface area contributed by atoms with E-state index in [-0.39, 0.29) is 5.19 Å². The van der Waals surface area contributed by atoms with Crippen LogP contribution < -0.4 is 4.74 Å². The first-order chi connectivity index (χ1) is 8.99. The van der Waals surface area contributed by atoms with Crippen LogP contribution in [0.4, 0.5) is 13.2 Å². The maximum atomic E-state index is 12.0. The Bertz CT molecular complexity index is 481. The highest BCUT2D eigenvalue weighted by Gasteiger charge is 2.29. The monoisotopic (exact) mass is 328 g/mol. The fraction of sp³-hybridized carbons (Fsp3) is 0.636. The van der Waals surface area contributed by atoms with Crippen LogP contribution in [0, 0.1) is 6.92 Å². The van der Waals surface area contributed by atoms with Crippen molar-refractivity contribution in [1.29, 1.82) is 0 Å². The van der Waals surface area contributed by atoms with Crippen LogP contribution in [0.3, 0.4) is 0 Å². The minimum atomic E-state index is -4.40. The third-order valence-electron chi connectivity index (χ3n) is 1.96. The highest BCUT2D eigenvalue weighted by Crippen LogP contribution is 2.26. The second-order valence-corrected chi connectivity index (χ2v) is 7.86. The Kier molecular flexibility index (Phi) is 5.45. The fourth-order valence-corrected chi connectivity index (χ4v) is 2.33. The zero-order chi connectivity index (χ0) is 15.6. The molecule has 0 saturated heterocycles. The van der Waals surface area contributed by atoms with Crippen molar-refractivity contribution in [3.8, 4) is 5.19 Å². The average Bonchev–Trinajstić information content (AvgIpc) is 2.62. The minimum Gasteiger partial charge on any atom is -0.591 e. The normalized spacial score (nSPS) is 14.8. The van der Waals surface area contributed by atoms with Gasteiger partial charge in [0.15, 0.2) is 6.61 Å². The molecule has 0 fully saturated rings. The molecule has 0 aliphatic carbocycles. The van der Waals surface area contributed by atoms with E-state index in [0.29, 0.717) is 10.6 Å². The van der Waals surface area contributed by atoms with E-state index in [4.69, 9.17) is 0 Å². The van der Waals surface area contributed by atoms with Gasteiger partial charge in [-0.05, 0) is 27.7 Å². The summed E-state index contributed by atoms with van der Waals surface area (Å²) < 4.78 is 55.7. The van der Waals surface area contributed by atoms with Crippen molar-refractivity contribution in [2.24, 2.45) is 4.40 Å². The van der Waals surface area contributed by atoms with Crippen molar-refractivity contribution in [2.75, 3.05) is 6.61 Å². The predicted molar refractivity (Wildman–Crippen MR) is 73.9 cm³/mol. The Balaban J connectivity index is 2.73. The molecular formula is C11H15F3N2O2S2. The summed E-state index contributed by atoms with van der Waals surface area (Å²) in [6.07, 6.45) is -3.05. The Morgan fingerprint density at radius 1 is 1.40 bits per heavy atom. The molecule has 9 heteroatoms. The van der Waals surface area contributed by atoms with E-state index in [1.165, 1.54) is 6.21 Å². The zero-order valence-corrected chi connectivity index (χ0v) is 13.1. The van der Waals surface area contributed by atoms with Crippen molar-refractivity contribution in [2.45, 2.75) is 38.6 Å². The Labute approximate surface area is 122 Å². The fourth-order valence-electron chi connectivity index (χ4n) is 0.962. The molecule has 1 aromatic heterocycles. The molecule has 0 radical (unpaired) electrons. The van der Waals surface area contributed by atoms with Gasteiger partial charge in [0.1, 0.15) is 16.1 Å².